The van der Waals surface area contributed by atoms with E-state index in [9.17, 15) is 14.7 Å². The first kappa shape index (κ1) is 24.3. The summed E-state index contributed by atoms with van der Waals surface area (Å²) in [6.07, 6.45) is 0.850. The number of rotatable bonds is 9. The molecule has 1 amide bonds. The van der Waals surface area contributed by atoms with Crippen LogP contribution in [0.25, 0.3) is 5.76 Å². The van der Waals surface area contributed by atoms with Gasteiger partial charge in [0.15, 0.2) is 0 Å². The Morgan fingerprint density at radius 2 is 1.64 bits per heavy atom. The summed E-state index contributed by atoms with van der Waals surface area (Å²) in [4.78, 5) is 27.7. The maximum atomic E-state index is 13.2. The van der Waals surface area contributed by atoms with Crippen LogP contribution in [0.1, 0.15) is 43.5 Å². The molecular formula is C26H31NO6. The second-order valence-corrected chi connectivity index (χ2v) is 8.04. The predicted octanol–water partition coefficient (Wildman–Crippen LogP) is 4.11. The number of methoxy groups -OCH3 is 2. The van der Waals surface area contributed by atoms with Crippen LogP contribution in [0.3, 0.4) is 0 Å². The zero-order chi connectivity index (χ0) is 24.1. The number of amides is 1. The molecule has 0 saturated carbocycles. The molecule has 176 valence electrons. The van der Waals surface area contributed by atoms with Crippen molar-refractivity contribution in [2.45, 2.75) is 39.3 Å². The highest BCUT2D eigenvalue weighted by atomic mass is 16.5. The molecule has 3 rings (SSSR count). The van der Waals surface area contributed by atoms with Crippen molar-refractivity contribution in [3.8, 4) is 11.5 Å². The molecule has 0 spiro atoms. The number of benzene rings is 2. The summed E-state index contributed by atoms with van der Waals surface area (Å²) in [5, 5.41) is 11.4. The van der Waals surface area contributed by atoms with Gasteiger partial charge in [0, 0.05) is 6.54 Å². The average Bonchev–Trinajstić information content (AvgIpc) is 3.07. The van der Waals surface area contributed by atoms with Crippen molar-refractivity contribution < 1.29 is 28.9 Å². The van der Waals surface area contributed by atoms with Crippen LogP contribution in [0, 0.1) is 0 Å². The zero-order valence-corrected chi connectivity index (χ0v) is 19.8. The molecule has 0 aliphatic carbocycles. The van der Waals surface area contributed by atoms with Gasteiger partial charge in [-0.1, -0.05) is 37.3 Å². The Morgan fingerprint density at radius 3 is 2.15 bits per heavy atom. The third kappa shape index (κ3) is 4.88. The summed E-state index contributed by atoms with van der Waals surface area (Å²) >= 11 is 0. The Bertz CT molecular complexity index is 1020. The number of ether oxygens (including phenoxy) is 3. The van der Waals surface area contributed by atoms with Crippen LogP contribution in [0.4, 0.5) is 0 Å². The lowest BCUT2D eigenvalue weighted by atomic mass is 9.94. The SMILES string of the molecule is CCc1ccc(C2/C(=C(\O)c3c(OC)cccc3OC)C(=O)C(=O)N2CCOC(C)C)cc1. The standard InChI is InChI=1S/C26H31NO6/c1-6-17-10-12-18(13-11-17)23-22(25(29)26(30)27(23)14-15-33-16(2)3)24(28)21-19(31-4)8-7-9-20(21)32-5/h7-13,16,23,28H,6,14-15H2,1-5H3/b24-22+. The molecular weight excluding hydrogens is 422 g/mol. The van der Waals surface area contributed by atoms with Gasteiger partial charge in [-0.2, -0.15) is 0 Å². The molecule has 1 N–H and O–H groups in total. The van der Waals surface area contributed by atoms with E-state index in [2.05, 4.69) is 6.92 Å². The van der Waals surface area contributed by atoms with Crippen LogP contribution in [-0.2, 0) is 20.7 Å². The lowest BCUT2D eigenvalue weighted by molar-refractivity contribution is -0.140. The van der Waals surface area contributed by atoms with Crippen molar-refractivity contribution in [2.24, 2.45) is 0 Å². The van der Waals surface area contributed by atoms with Gasteiger partial charge in [-0.05, 0) is 43.5 Å². The quantitative estimate of drug-likeness (QED) is 0.349. The molecule has 1 atom stereocenters. The summed E-state index contributed by atoms with van der Waals surface area (Å²) in [6, 6.07) is 12.0. The lowest BCUT2D eigenvalue weighted by Crippen LogP contribution is -2.33. The van der Waals surface area contributed by atoms with Gasteiger partial charge in [0.1, 0.15) is 22.8 Å². The smallest absolute Gasteiger partial charge is 0.295 e. The summed E-state index contributed by atoms with van der Waals surface area (Å²) < 4.78 is 16.5. The highest BCUT2D eigenvalue weighted by molar-refractivity contribution is 6.46. The second kappa shape index (κ2) is 10.5. The molecule has 2 aromatic rings. The molecule has 7 nitrogen and oxygen atoms in total. The Kier molecular flexibility index (Phi) is 7.76. The third-order valence-electron chi connectivity index (χ3n) is 5.69. The van der Waals surface area contributed by atoms with E-state index in [0.717, 1.165) is 17.5 Å². The minimum absolute atomic E-state index is 0.00315. The summed E-state index contributed by atoms with van der Waals surface area (Å²) in [6.45, 7) is 6.35. The van der Waals surface area contributed by atoms with Crippen LogP contribution >= 0.6 is 0 Å². The fraction of sp³-hybridized carbons (Fsp3) is 0.385. The van der Waals surface area contributed by atoms with Crippen LogP contribution in [-0.4, -0.2) is 55.2 Å². The molecule has 1 heterocycles. The van der Waals surface area contributed by atoms with Gasteiger partial charge in [0.05, 0.1) is 38.5 Å². The first-order valence-electron chi connectivity index (χ1n) is 11.0. The molecule has 1 aliphatic rings. The number of hydrogen-bond donors (Lipinski definition) is 1. The van der Waals surface area contributed by atoms with E-state index < -0.39 is 17.7 Å². The van der Waals surface area contributed by atoms with E-state index in [1.54, 1.807) is 18.2 Å². The van der Waals surface area contributed by atoms with Crippen molar-refractivity contribution in [1.82, 2.24) is 4.90 Å². The molecule has 1 saturated heterocycles. The number of ketones is 1. The maximum Gasteiger partial charge on any atom is 0.295 e. The molecule has 0 bridgehead atoms. The van der Waals surface area contributed by atoms with E-state index >= 15 is 0 Å². The van der Waals surface area contributed by atoms with Crippen molar-refractivity contribution in [1.29, 1.82) is 0 Å². The number of carbonyl (C=O) groups excluding carboxylic acids is 2. The minimum atomic E-state index is -0.763. The zero-order valence-electron chi connectivity index (χ0n) is 19.8. The molecule has 1 unspecified atom stereocenters. The predicted molar refractivity (Wildman–Crippen MR) is 125 cm³/mol. The maximum absolute atomic E-state index is 13.2. The Labute approximate surface area is 194 Å². The first-order chi connectivity index (χ1) is 15.8. The summed E-state index contributed by atoms with van der Waals surface area (Å²) in [5.41, 5.74) is 2.09. The molecule has 0 aromatic heterocycles. The van der Waals surface area contributed by atoms with Crippen LogP contribution in [0.2, 0.25) is 0 Å². The topological polar surface area (TPSA) is 85.3 Å². The molecule has 2 aromatic carbocycles. The Hall–Kier alpha value is -3.32. The van der Waals surface area contributed by atoms with Crippen molar-refractivity contribution >= 4 is 17.4 Å². The van der Waals surface area contributed by atoms with E-state index in [4.69, 9.17) is 14.2 Å². The Morgan fingerprint density at radius 1 is 1.03 bits per heavy atom. The lowest BCUT2D eigenvalue weighted by Gasteiger charge is -2.26. The molecule has 7 heteroatoms. The van der Waals surface area contributed by atoms with Crippen molar-refractivity contribution in [3.05, 3.63) is 64.7 Å². The van der Waals surface area contributed by atoms with Gasteiger partial charge in [-0.25, -0.2) is 0 Å². The second-order valence-electron chi connectivity index (χ2n) is 8.04. The largest absolute Gasteiger partial charge is 0.506 e. The first-order valence-corrected chi connectivity index (χ1v) is 11.0. The highest BCUT2D eigenvalue weighted by Crippen LogP contribution is 2.43. The fourth-order valence-corrected chi connectivity index (χ4v) is 4.00. The normalized spacial score (nSPS) is 17.6. The Balaban J connectivity index is 2.18. The van der Waals surface area contributed by atoms with Crippen molar-refractivity contribution in [2.75, 3.05) is 27.4 Å². The minimum Gasteiger partial charge on any atom is -0.506 e. The number of Topliss-reactive ketones (excluding diaryl/α,β-unsaturated/α-hetero) is 1. The molecule has 1 fully saturated rings. The van der Waals surface area contributed by atoms with E-state index in [1.165, 1.54) is 19.1 Å². The van der Waals surface area contributed by atoms with Crippen LogP contribution in [0.5, 0.6) is 11.5 Å². The number of aliphatic hydroxyl groups excluding tert-OH is 1. The molecule has 33 heavy (non-hydrogen) atoms. The van der Waals surface area contributed by atoms with E-state index in [-0.39, 0.29) is 36.2 Å². The van der Waals surface area contributed by atoms with Gasteiger partial charge < -0.3 is 24.2 Å². The highest BCUT2D eigenvalue weighted by Gasteiger charge is 2.46. The number of nitrogens with zero attached hydrogens (tertiary/aromatic N) is 1. The summed E-state index contributed by atoms with van der Waals surface area (Å²) in [5.74, 6) is -1.10. The van der Waals surface area contributed by atoms with Crippen LogP contribution in [0.15, 0.2) is 48.0 Å². The number of aliphatic hydroxyl groups is 1. The van der Waals surface area contributed by atoms with Crippen LogP contribution < -0.4 is 9.47 Å². The number of carbonyl (C=O) groups is 2. The van der Waals surface area contributed by atoms with E-state index in [1.807, 2.05) is 38.1 Å². The van der Waals surface area contributed by atoms with Crippen molar-refractivity contribution in [3.63, 3.8) is 0 Å². The average molecular weight is 454 g/mol. The van der Waals surface area contributed by atoms with Gasteiger partial charge >= 0.3 is 0 Å². The molecule has 0 radical (unpaired) electrons. The van der Waals surface area contributed by atoms with Gasteiger partial charge in [-0.3, -0.25) is 9.59 Å². The van der Waals surface area contributed by atoms with Gasteiger partial charge in [-0.15, -0.1) is 0 Å². The van der Waals surface area contributed by atoms with E-state index in [0.29, 0.717) is 11.5 Å². The van der Waals surface area contributed by atoms with Gasteiger partial charge in [0.25, 0.3) is 11.7 Å². The number of aryl methyl sites for hydroxylation is 1. The summed E-state index contributed by atoms with van der Waals surface area (Å²) in [7, 11) is 2.93. The fourth-order valence-electron chi connectivity index (χ4n) is 4.00. The van der Waals surface area contributed by atoms with Gasteiger partial charge in [0.2, 0.25) is 0 Å². The number of likely N-dealkylation sites (tertiary alicyclic amines) is 1. The third-order valence-corrected chi connectivity index (χ3v) is 5.69. The number of hydrogen-bond acceptors (Lipinski definition) is 6. The molecule has 1 aliphatic heterocycles. The monoisotopic (exact) mass is 453 g/mol.